The van der Waals surface area contributed by atoms with Gasteiger partial charge in [-0.1, -0.05) is 12.1 Å². The maximum Gasteiger partial charge on any atom is 0.338 e. The normalized spacial score (nSPS) is 11.7. The molecule has 1 aromatic rings. The molecule has 1 atom stereocenters. The van der Waals surface area contributed by atoms with Gasteiger partial charge in [0, 0.05) is 6.42 Å². The topological polar surface area (TPSA) is 101 Å². The lowest BCUT2D eigenvalue weighted by molar-refractivity contribution is -0.146. The number of hydrogen-bond donors (Lipinski definition) is 2. The van der Waals surface area contributed by atoms with Crippen molar-refractivity contribution < 1.29 is 29.3 Å². The van der Waals surface area contributed by atoms with E-state index in [1.807, 2.05) is 0 Å². The van der Waals surface area contributed by atoms with E-state index in [0.717, 1.165) is 0 Å². The third kappa shape index (κ3) is 3.89. The molecule has 0 aliphatic carbocycles. The number of aliphatic carboxylic acids is 1. The van der Waals surface area contributed by atoms with Gasteiger partial charge in [0.05, 0.1) is 12.2 Å². The Hall–Kier alpha value is -2.21. The van der Waals surface area contributed by atoms with E-state index in [0.29, 0.717) is 11.8 Å². The number of aliphatic hydroxyl groups is 1. The van der Waals surface area contributed by atoms with Crippen LogP contribution in [0, 0.1) is 0 Å². The Morgan fingerprint density at radius 2 is 2.10 bits per heavy atom. The molecule has 0 aromatic heterocycles. The van der Waals surface area contributed by atoms with E-state index in [1.54, 1.807) is 6.92 Å². The smallest absolute Gasteiger partial charge is 0.338 e. The fourth-order valence-electron chi connectivity index (χ4n) is 1.76. The molecule has 1 aromatic carbocycles. The molecule has 108 valence electrons. The second-order valence-corrected chi connectivity index (χ2v) is 4.08. The Morgan fingerprint density at radius 1 is 1.40 bits per heavy atom. The van der Waals surface area contributed by atoms with E-state index in [1.165, 1.54) is 18.2 Å². The summed E-state index contributed by atoms with van der Waals surface area (Å²) in [6, 6.07) is 4.17. The number of carboxylic acids is 1. The lowest BCUT2D eigenvalue weighted by Crippen LogP contribution is -2.13. The highest BCUT2D eigenvalue weighted by Gasteiger charge is 2.19. The summed E-state index contributed by atoms with van der Waals surface area (Å²) in [6.45, 7) is 1.89. The van der Waals surface area contributed by atoms with Crippen molar-refractivity contribution in [3.05, 3.63) is 34.9 Å². The van der Waals surface area contributed by atoms with Gasteiger partial charge in [-0.15, -0.1) is 0 Å². The summed E-state index contributed by atoms with van der Waals surface area (Å²) in [5, 5.41) is 18.3. The molecule has 6 nitrogen and oxygen atoms in total. The summed E-state index contributed by atoms with van der Waals surface area (Å²) in [5.41, 5.74) is 0.912. The number of carbonyl (C=O) groups is 3. The second kappa shape index (κ2) is 7.40. The molecule has 0 aliphatic rings. The standard InChI is InChI=1S/C14H16O6/c1-2-20-14(19)11-6-5-10(12(16)13(17)18)8-9(11)4-3-7-15/h5-8,12,16H,2-4H2,1H3,(H,17,18). The Kier molecular flexibility index (Phi) is 5.86. The number of carbonyl (C=O) groups excluding carboxylic acids is 2. The number of aldehydes is 1. The monoisotopic (exact) mass is 280 g/mol. The SMILES string of the molecule is CCOC(=O)c1ccc(C(O)C(=O)O)cc1CCC=O. The molecule has 1 rings (SSSR count). The zero-order chi connectivity index (χ0) is 15.1. The Morgan fingerprint density at radius 3 is 2.65 bits per heavy atom. The largest absolute Gasteiger partial charge is 0.479 e. The summed E-state index contributed by atoms with van der Waals surface area (Å²) >= 11 is 0. The van der Waals surface area contributed by atoms with Crippen LogP contribution in [-0.4, -0.2) is 35.0 Å². The van der Waals surface area contributed by atoms with Crippen LogP contribution in [0.4, 0.5) is 0 Å². The van der Waals surface area contributed by atoms with E-state index in [4.69, 9.17) is 9.84 Å². The molecule has 0 aliphatic heterocycles. The highest BCUT2D eigenvalue weighted by Crippen LogP contribution is 2.20. The van der Waals surface area contributed by atoms with Gasteiger partial charge < -0.3 is 19.7 Å². The van der Waals surface area contributed by atoms with Crippen molar-refractivity contribution in [1.29, 1.82) is 0 Å². The van der Waals surface area contributed by atoms with E-state index in [2.05, 4.69) is 0 Å². The first-order chi connectivity index (χ1) is 9.51. The minimum atomic E-state index is -1.67. The van der Waals surface area contributed by atoms with Crippen molar-refractivity contribution in [2.75, 3.05) is 6.61 Å². The highest BCUT2D eigenvalue weighted by atomic mass is 16.5. The molecule has 0 fully saturated rings. The molecule has 1 unspecified atom stereocenters. The molecule has 0 saturated heterocycles. The van der Waals surface area contributed by atoms with E-state index >= 15 is 0 Å². The van der Waals surface area contributed by atoms with Gasteiger partial charge in [0.15, 0.2) is 6.10 Å². The Bertz CT molecular complexity index is 508. The maximum atomic E-state index is 11.8. The van der Waals surface area contributed by atoms with Gasteiger partial charge in [0.25, 0.3) is 0 Å². The molecule has 0 spiro atoms. The van der Waals surface area contributed by atoms with Crippen molar-refractivity contribution in [1.82, 2.24) is 0 Å². The van der Waals surface area contributed by atoms with Crippen molar-refractivity contribution in [2.24, 2.45) is 0 Å². The average molecular weight is 280 g/mol. The number of hydrogen-bond acceptors (Lipinski definition) is 5. The van der Waals surface area contributed by atoms with Gasteiger partial charge in [0.1, 0.15) is 6.29 Å². The lowest BCUT2D eigenvalue weighted by atomic mass is 9.98. The first-order valence-electron chi connectivity index (χ1n) is 6.15. The van der Waals surface area contributed by atoms with Gasteiger partial charge in [0.2, 0.25) is 0 Å². The molecule has 0 heterocycles. The third-order valence-electron chi connectivity index (χ3n) is 2.71. The molecule has 6 heteroatoms. The van der Waals surface area contributed by atoms with Crippen LogP contribution >= 0.6 is 0 Å². The molecule has 20 heavy (non-hydrogen) atoms. The molecule has 0 bridgehead atoms. The predicted molar refractivity (Wildman–Crippen MR) is 69.4 cm³/mol. The van der Waals surface area contributed by atoms with Crippen LogP contribution in [0.5, 0.6) is 0 Å². The molecular formula is C14H16O6. The van der Waals surface area contributed by atoms with Crippen molar-refractivity contribution >= 4 is 18.2 Å². The highest BCUT2D eigenvalue weighted by molar-refractivity contribution is 5.91. The summed E-state index contributed by atoms with van der Waals surface area (Å²) < 4.78 is 4.89. The number of rotatable bonds is 7. The third-order valence-corrected chi connectivity index (χ3v) is 2.71. The molecular weight excluding hydrogens is 264 g/mol. The summed E-state index contributed by atoms with van der Waals surface area (Å²) in [6.07, 6.45) is -0.493. The average Bonchev–Trinajstić information content (AvgIpc) is 2.44. The zero-order valence-electron chi connectivity index (χ0n) is 11.0. The number of carboxylic acid groups (broad SMARTS) is 1. The zero-order valence-corrected chi connectivity index (χ0v) is 11.0. The number of benzene rings is 1. The molecule has 0 saturated carbocycles. The van der Waals surface area contributed by atoms with E-state index < -0.39 is 18.0 Å². The van der Waals surface area contributed by atoms with E-state index in [9.17, 15) is 19.5 Å². The van der Waals surface area contributed by atoms with Crippen molar-refractivity contribution in [3.63, 3.8) is 0 Å². The van der Waals surface area contributed by atoms with Gasteiger partial charge in [-0.2, -0.15) is 0 Å². The van der Waals surface area contributed by atoms with Gasteiger partial charge in [-0.25, -0.2) is 9.59 Å². The maximum absolute atomic E-state index is 11.8. The first kappa shape index (κ1) is 15.8. The van der Waals surface area contributed by atoms with Crippen LogP contribution in [0.3, 0.4) is 0 Å². The Labute approximate surface area is 116 Å². The van der Waals surface area contributed by atoms with Crippen molar-refractivity contribution in [3.8, 4) is 0 Å². The Balaban J connectivity index is 3.15. The predicted octanol–water partition coefficient (Wildman–Crippen LogP) is 1.11. The molecule has 2 N–H and O–H groups in total. The second-order valence-electron chi connectivity index (χ2n) is 4.08. The van der Waals surface area contributed by atoms with Crippen LogP contribution in [0.15, 0.2) is 18.2 Å². The van der Waals surface area contributed by atoms with Gasteiger partial charge in [-0.05, 0) is 30.5 Å². The summed E-state index contributed by atoms with van der Waals surface area (Å²) in [7, 11) is 0. The lowest BCUT2D eigenvalue weighted by Gasteiger charge is -2.12. The summed E-state index contributed by atoms with van der Waals surface area (Å²) in [4.78, 5) is 33.0. The van der Waals surface area contributed by atoms with Crippen LogP contribution < -0.4 is 0 Å². The fourth-order valence-corrected chi connectivity index (χ4v) is 1.76. The molecule has 0 radical (unpaired) electrons. The van der Waals surface area contributed by atoms with E-state index in [-0.39, 0.29) is 30.6 Å². The van der Waals surface area contributed by atoms with Crippen LogP contribution in [0.25, 0.3) is 0 Å². The quantitative estimate of drug-likeness (QED) is 0.573. The number of aryl methyl sites for hydroxylation is 1. The number of ether oxygens (including phenoxy) is 1. The van der Waals surface area contributed by atoms with Gasteiger partial charge >= 0.3 is 11.9 Å². The van der Waals surface area contributed by atoms with Crippen LogP contribution in [-0.2, 0) is 20.7 Å². The molecule has 0 amide bonds. The number of esters is 1. The minimum absolute atomic E-state index is 0.159. The summed E-state index contributed by atoms with van der Waals surface area (Å²) in [5.74, 6) is -1.92. The fraction of sp³-hybridized carbons (Fsp3) is 0.357. The van der Waals surface area contributed by atoms with Crippen LogP contribution in [0.2, 0.25) is 0 Å². The first-order valence-corrected chi connectivity index (χ1v) is 6.15. The van der Waals surface area contributed by atoms with Crippen LogP contribution in [0.1, 0.15) is 40.9 Å². The van der Waals surface area contributed by atoms with Crippen molar-refractivity contribution in [2.45, 2.75) is 25.9 Å². The number of aliphatic hydroxyl groups excluding tert-OH is 1. The minimum Gasteiger partial charge on any atom is -0.479 e. The van der Waals surface area contributed by atoms with Gasteiger partial charge in [-0.3, -0.25) is 0 Å².